The number of hydrogen-bond acceptors (Lipinski definition) is 15. The number of esters is 4. The maximum absolute atomic E-state index is 13.1. The molecule has 608 valence electrons. The van der Waals surface area contributed by atoms with Gasteiger partial charge in [0.05, 0.1) is 26.4 Å². The van der Waals surface area contributed by atoms with Gasteiger partial charge in [0.25, 0.3) is 0 Å². The highest BCUT2D eigenvalue weighted by Gasteiger charge is 2.30. The molecule has 5 atom stereocenters. The lowest BCUT2D eigenvalue weighted by atomic mass is 10.0. The second-order valence-corrected chi connectivity index (χ2v) is 33.9. The third kappa shape index (κ3) is 77.5. The van der Waals surface area contributed by atoms with E-state index in [2.05, 4.69) is 72.8 Å². The minimum Gasteiger partial charge on any atom is -0.462 e. The monoisotopic (exact) mass is 1500 g/mol. The highest BCUT2D eigenvalue weighted by Crippen LogP contribution is 2.45. The van der Waals surface area contributed by atoms with E-state index in [1.807, 2.05) is 0 Å². The Morgan fingerprint density at radius 2 is 0.524 bits per heavy atom. The molecule has 0 aromatic rings. The maximum atomic E-state index is 13.1. The van der Waals surface area contributed by atoms with Crippen molar-refractivity contribution in [3.05, 3.63) is 24.3 Å². The number of ether oxygens (including phenoxy) is 4. The Morgan fingerprint density at radius 3 is 0.786 bits per heavy atom. The van der Waals surface area contributed by atoms with Crippen LogP contribution in [0.15, 0.2) is 24.3 Å². The molecule has 0 saturated heterocycles. The summed E-state index contributed by atoms with van der Waals surface area (Å²) >= 11 is 0. The molecule has 0 saturated carbocycles. The van der Waals surface area contributed by atoms with Crippen molar-refractivity contribution < 1.29 is 80.2 Å². The molecule has 0 amide bonds. The molecule has 3 N–H and O–H groups in total. The van der Waals surface area contributed by atoms with E-state index in [1.165, 1.54) is 205 Å². The summed E-state index contributed by atoms with van der Waals surface area (Å²) in [6.07, 6.45) is 66.2. The predicted molar refractivity (Wildman–Crippen MR) is 423 cm³/mol. The molecule has 0 fully saturated rings. The number of allylic oxidation sites excluding steroid dienone is 4. The van der Waals surface area contributed by atoms with Crippen molar-refractivity contribution in [3.63, 3.8) is 0 Å². The molecule has 0 spiro atoms. The molecule has 17 nitrogen and oxygen atoms in total. The molecule has 19 heteroatoms. The van der Waals surface area contributed by atoms with Gasteiger partial charge in [-0.25, -0.2) is 9.13 Å². The largest absolute Gasteiger partial charge is 0.472 e. The topological polar surface area (TPSA) is 237 Å². The summed E-state index contributed by atoms with van der Waals surface area (Å²) in [4.78, 5) is 73.1. The van der Waals surface area contributed by atoms with E-state index < -0.39 is 97.5 Å². The van der Waals surface area contributed by atoms with Crippen LogP contribution in [0, 0.1) is 17.8 Å². The zero-order valence-corrected chi connectivity index (χ0v) is 69.1. The van der Waals surface area contributed by atoms with E-state index >= 15 is 0 Å². The van der Waals surface area contributed by atoms with Crippen LogP contribution in [-0.4, -0.2) is 96.7 Å². The van der Waals surface area contributed by atoms with Crippen LogP contribution in [0.5, 0.6) is 0 Å². The number of carbonyl (C=O) groups is 4. The summed E-state index contributed by atoms with van der Waals surface area (Å²) in [6, 6.07) is 0. The Kier molecular flexibility index (Phi) is 71.9. The van der Waals surface area contributed by atoms with E-state index in [0.29, 0.717) is 31.6 Å². The first-order chi connectivity index (χ1) is 49.7. The molecule has 0 aliphatic carbocycles. The van der Waals surface area contributed by atoms with E-state index in [4.69, 9.17) is 37.0 Å². The van der Waals surface area contributed by atoms with E-state index in [0.717, 1.165) is 121 Å². The molecule has 0 aliphatic heterocycles. The standard InChI is InChI=1S/C84H160O17P2/c1-8-9-10-11-12-13-14-15-20-28-33-38-45-53-60-67-84(89)101-80(72-95-82(87)66-59-52-47-40-43-50-57-64-77(6)7)74-99-103(92,93)97-70-78(85)69-96-102(90,91)98-73-79(100-83(88)68-61-54-46-39-34-29-24-23-26-31-36-42-49-56-63-76(4)5)71-94-81(86)65-58-51-44-37-32-27-22-19-17-16-18-21-25-30-35-41-48-55-62-75(2)3/h13-15,20,75-80,85H,8-12,16-19,21-74H2,1-7H3,(H,90,91)(H,92,93)/b14-13-,20-15-/t78?,79-,80-/m1/s1. The zero-order valence-electron chi connectivity index (χ0n) is 67.3. The number of carbonyl (C=O) groups excluding carboxylic acids is 4. The van der Waals surface area contributed by atoms with Gasteiger partial charge >= 0.3 is 39.5 Å². The van der Waals surface area contributed by atoms with Crippen molar-refractivity contribution in [1.82, 2.24) is 0 Å². The van der Waals surface area contributed by atoms with Crippen molar-refractivity contribution in [2.24, 2.45) is 17.8 Å². The van der Waals surface area contributed by atoms with E-state index in [1.54, 1.807) is 0 Å². The quantitative estimate of drug-likeness (QED) is 0.0169. The van der Waals surface area contributed by atoms with Gasteiger partial charge in [0.2, 0.25) is 0 Å². The lowest BCUT2D eigenvalue weighted by molar-refractivity contribution is -0.161. The fraction of sp³-hybridized carbons (Fsp3) is 0.905. The Hall–Kier alpha value is -2.46. The normalized spacial score (nSPS) is 14.1. The first-order valence-corrected chi connectivity index (χ1v) is 45.7. The summed E-state index contributed by atoms with van der Waals surface area (Å²) < 4.78 is 68.7. The highest BCUT2D eigenvalue weighted by molar-refractivity contribution is 7.47. The van der Waals surface area contributed by atoms with Gasteiger partial charge in [-0.3, -0.25) is 37.3 Å². The fourth-order valence-electron chi connectivity index (χ4n) is 12.5. The van der Waals surface area contributed by atoms with Crippen LogP contribution >= 0.6 is 15.6 Å². The van der Waals surface area contributed by atoms with Gasteiger partial charge in [-0.2, -0.15) is 0 Å². The molecule has 0 bridgehead atoms. The third-order valence-corrected chi connectivity index (χ3v) is 20.9. The van der Waals surface area contributed by atoms with Crippen LogP contribution in [0.3, 0.4) is 0 Å². The van der Waals surface area contributed by atoms with Crippen molar-refractivity contribution in [2.75, 3.05) is 39.6 Å². The number of unbranched alkanes of at least 4 members (excludes halogenated alkanes) is 45. The summed E-state index contributed by atoms with van der Waals surface area (Å²) in [5, 5.41) is 10.7. The first kappa shape index (κ1) is 101. The molecule has 0 radical (unpaired) electrons. The third-order valence-electron chi connectivity index (χ3n) is 19.0. The van der Waals surface area contributed by atoms with Gasteiger partial charge < -0.3 is 33.8 Å². The van der Waals surface area contributed by atoms with Gasteiger partial charge in [0.15, 0.2) is 12.2 Å². The van der Waals surface area contributed by atoms with Crippen LogP contribution in [-0.2, 0) is 65.4 Å². The SMILES string of the molecule is CCCCCC/C=C\C=C/CCCCCCCC(=O)O[C@H](COC(=O)CCCCCCCCCC(C)C)COP(=O)(O)OCC(O)COP(=O)(O)OC[C@@H](COC(=O)CCCCCCCCCCCCCCCCCCCCC(C)C)OC(=O)CCCCCCCCCCCCCCCCC(C)C. The predicted octanol–water partition coefficient (Wildman–Crippen LogP) is 24.9. The molecule has 3 unspecified atom stereocenters. The van der Waals surface area contributed by atoms with Crippen molar-refractivity contribution in [2.45, 2.75) is 433 Å². The number of rotatable bonds is 80. The molecule has 0 heterocycles. The zero-order chi connectivity index (χ0) is 75.8. The molecular formula is C84H160O17P2. The lowest BCUT2D eigenvalue weighted by Gasteiger charge is -2.21. The number of phosphoric ester groups is 2. The molecule has 0 aromatic carbocycles. The molecule has 0 aromatic heterocycles. The van der Waals surface area contributed by atoms with E-state index in [9.17, 15) is 43.2 Å². The fourth-order valence-corrected chi connectivity index (χ4v) is 14.1. The Balaban J connectivity index is 5.25. The van der Waals surface area contributed by atoms with Crippen LogP contribution in [0.2, 0.25) is 0 Å². The molecular weight excluding hydrogens is 1340 g/mol. The van der Waals surface area contributed by atoms with Crippen LogP contribution < -0.4 is 0 Å². The summed E-state index contributed by atoms with van der Waals surface area (Å²) in [5.74, 6) is 0.178. The molecule has 0 rings (SSSR count). The smallest absolute Gasteiger partial charge is 0.462 e. The van der Waals surface area contributed by atoms with Gasteiger partial charge in [0, 0.05) is 25.7 Å². The Morgan fingerprint density at radius 1 is 0.301 bits per heavy atom. The van der Waals surface area contributed by atoms with Crippen molar-refractivity contribution in [3.8, 4) is 0 Å². The number of phosphoric acid groups is 2. The van der Waals surface area contributed by atoms with Crippen LogP contribution in [0.1, 0.15) is 414 Å². The lowest BCUT2D eigenvalue weighted by Crippen LogP contribution is -2.30. The molecule has 0 aliphatic rings. The summed E-state index contributed by atoms with van der Waals surface area (Å²) in [7, 11) is -9.94. The maximum Gasteiger partial charge on any atom is 0.472 e. The summed E-state index contributed by atoms with van der Waals surface area (Å²) in [5.41, 5.74) is 0. The van der Waals surface area contributed by atoms with Crippen LogP contribution in [0.4, 0.5) is 0 Å². The van der Waals surface area contributed by atoms with Crippen molar-refractivity contribution in [1.29, 1.82) is 0 Å². The van der Waals surface area contributed by atoms with Crippen LogP contribution in [0.25, 0.3) is 0 Å². The number of aliphatic hydroxyl groups excluding tert-OH is 1. The van der Waals surface area contributed by atoms with Gasteiger partial charge in [-0.1, -0.05) is 362 Å². The average Bonchev–Trinajstić information content (AvgIpc) is 0.957. The van der Waals surface area contributed by atoms with Crippen molar-refractivity contribution >= 4 is 39.5 Å². The first-order valence-electron chi connectivity index (χ1n) is 42.7. The Bertz CT molecular complexity index is 2090. The second kappa shape index (κ2) is 73.7. The Labute approximate surface area is 631 Å². The minimum absolute atomic E-state index is 0.0842. The highest BCUT2D eigenvalue weighted by atomic mass is 31.2. The van der Waals surface area contributed by atoms with E-state index in [-0.39, 0.29) is 25.7 Å². The minimum atomic E-state index is -4.97. The number of hydrogen-bond donors (Lipinski definition) is 3. The van der Waals surface area contributed by atoms with Gasteiger partial charge in [-0.15, -0.1) is 0 Å². The second-order valence-electron chi connectivity index (χ2n) is 31.0. The summed E-state index contributed by atoms with van der Waals surface area (Å²) in [6.45, 7) is 11.9. The van der Waals surface area contributed by atoms with Gasteiger partial charge in [0.1, 0.15) is 19.3 Å². The van der Waals surface area contributed by atoms with Gasteiger partial charge in [-0.05, 0) is 69.1 Å². The molecule has 103 heavy (non-hydrogen) atoms. The average molecular weight is 1500 g/mol. The number of aliphatic hydroxyl groups is 1.